The number of halogens is 1. The van der Waals surface area contributed by atoms with E-state index < -0.39 is 72.0 Å². The number of likely N-dealkylation sites (tertiary alicyclic amines) is 1. The van der Waals surface area contributed by atoms with Crippen molar-refractivity contribution in [3.8, 4) is 0 Å². The maximum absolute atomic E-state index is 15.1. The Balaban J connectivity index is 1.33. The lowest BCUT2D eigenvalue weighted by molar-refractivity contribution is -0.146. The van der Waals surface area contributed by atoms with Gasteiger partial charge in [-0.2, -0.15) is 0 Å². The standard InChI is InChI=1S/C39H38ClN3O7/c40-27-15-17-28(18-16-27)42-21-9-3-8-14-32(45)49-24-30(26-12-6-2-7-13-26)41-36(46)33-31-19-20-39(50-31)34(33)37(47)43(35(39)38(42)48)29(23-44)22-25-10-4-1-5-11-25/h1-7,9-13,15-20,29-31,33-35,44H,8,14,21-24H2,(H,41,46)/b9-3-/t29-,30+,31+,33-,34-,35+,39-/m1/s1. The number of allylic oxidation sites excluding steroid dienone is 1. The summed E-state index contributed by atoms with van der Waals surface area (Å²) in [7, 11) is 0. The fourth-order valence-electron chi connectivity index (χ4n) is 7.73. The zero-order valence-corrected chi connectivity index (χ0v) is 28.0. The first kappa shape index (κ1) is 33.7. The number of hydrogen-bond donors (Lipinski definition) is 2. The molecular weight excluding hydrogens is 658 g/mol. The van der Waals surface area contributed by atoms with Crippen molar-refractivity contribution in [2.75, 3.05) is 24.7 Å². The van der Waals surface area contributed by atoms with E-state index in [2.05, 4.69) is 5.32 Å². The third kappa shape index (κ3) is 6.23. The number of benzene rings is 3. The van der Waals surface area contributed by atoms with Crippen molar-refractivity contribution in [3.63, 3.8) is 0 Å². The van der Waals surface area contributed by atoms with Crippen LogP contribution in [0.5, 0.6) is 0 Å². The highest BCUT2D eigenvalue weighted by Gasteiger charge is 2.73. The number of cyclic esters (lactones) is 1. The number of esters is 1. The molecule has 2 saturated heterocycles. The third-order valence-electron chi connectivity index (χ3n) is 10.1. The maximum atomic E-state index is 15.1. The molecule has 10 nitrogen and oxygen atoms in total. The van der Waals surface area contributed by atoms with E-state index in [4.69, 9.17) is 21.1 Å². The molecule has 0 saturated carbocycles. The molecule has 4 aliphatic rings. The van der Waals surface area contributed by atoms with Crippen molar-refractivity contribution in [1.82, 2.24) is 10.2 Å². The lowest BCUT2D eigenvalue weighted by Gasteiger charge is -2.39. The lowest BCUT2D eigenvalue weighted by Crippen LogP contribution is -2.59. The summed E-state index contributed by atoms with van der Waals surface area (Å²) in [5.74, 6) is -3.79. The summed E-state index contributed by atoms with van der Waals surface area (Å²) in [6.07, 6.45) is 7.09. The summed E-state index contributed by atoms with van der Waals surface area (Å²) in [5, 5.41) is 14.4. The fourth-order valence-corrected chi connectivity index (χ4v) is 7.86. The zero-order chi connectivity index (χ0) is 34.8. The van der Waals surface area contributed by atoms with Crippen molar-refractivity contribution < 1.29 is 33.8 Å². The quantitative estimate of drug-likeness (QED) is 0.293. The number of nitrogens with zero attached hydrogens (tertiary/aromatic N) is 2. The van der Waals surface area contributed by atoms with Crippen LogP contribution in [-0.2, 0) is 35.1 Å². The van der Waals surface area contributed by atoms with E-state index in [1.54, 1.807) is 47.4 Å². The molecule has 50 heavy (non-hydrogen) atoms. The first-order valence-corrected chi connectivity index (χ1v) is 17.3. The Morgan fingerprint density at radius 1 is 0.920 bits per heavy atom. The second kappa shape index (κ2) is 14.2. The highest BCUT2D eigenvalue weighted by Crippen LogP contribution is 2.56. The van der Waals surface area contributed by atoms with Gasteiger partial charge in [0, 0.05) is 23.7 Å². The molecule has 1 spiro atoms. The topological polar surface area (TPSA) is 125 Å². The first-order chi connectivity index (χ1) is 24.3. The first-order valence-electron chi connectivity index (χ1n) is 16.9. The van der Waals surface area contributed by atoms with Gasteiger partial charge in [-0.15, -0.1) is 0 Å². The van der Waals surface area contributed by atoms with Crippen LogP contribution >= 0.6 is 11.6 Å². The molecule has 4 aliphatic heterocycles. The number of fused-ring (bicyclic) bond motifs is 2. The van der Waals surface area contributed by atoms with Gasteiger partial charge in [-0.1, -0.05) is 96.6 Å². The molecule has 11 heteroatoms. The average molecular weight is 696 g/mol. The van der Waals surface area contributed by atoms with Crippen LogP contribution in [-0.4, -0.2) is 77.2 Å². The Labute approximate surface area is 295 Å². The molecule has 0 radical (unpaired) electrons. The number of carbonyl (C=O) groups is 4. The number of aliphatic hydroxyl groups excluding tert-OH is 1. The normalized spacial score (nSPS) is 29.4. The molecule has 7 rings (SSSR count). The molecule has 0 unspecified atom stereocenters. The number of hydrogen-bond acceptors (Lipinski definition) is 7. The zero-order valence-electron chi connectivity index (χ0n) is 27.3. The molecule has 258 valence electrons. The molecule has 3 aromatic carbocycles. The van der Waals surface area contributed by atoms with E-state index in [9.17, 15) is 19.5 Å². The minimum Gasteiger partial charge on any atom is -0.463 e. The Morgan fingerprint density at radius 3 is 2.36 bits per heavy atom. The molecule has 5 bridgehead atoms. The van der Waals surface area contributed by atoms with Crippen molar-refractivity contribution in [2.24, 2.45) is 11.8 Å². The summed E-state index contributed by atoms with van der Waals surface area (Å²) in [5.41, 5.74) is 0.674. The van der Waals surface area contributed by atoms with Crippen LogP contribution in [0.3, 0.4) is 0 Å². The number of rotatable bonds is 6. The second-order valence-corrected chi connectivity index (χ2v) is 13.5. The van der Waals surface area contributed by atoms with Gasteiger partial charge in [0.15, 0.2) is 0 Å². The van der Waals surface area contributed by atoms with Gasteiger partial charge in [-0.05, 0) is 48.2 Å². The SMILES string of the molecule is O=C1CC/C=C\CN(c2ccc(Cl)cc2)C(=O)[C@@H]2N([C@@H](CO)Cc3ccccc3)C(=O)[C@H]3[C@H](C(=O)N[C@H](c4ccccc4)CO1)[C@@H]1C=C[C@]23O1. The lowest BCUT2D eigenvalue weighted by atomic mass is 9.74. The van der Waals surface area contributed by atoms with Crippen molar-refractivity contribution in [1.29, 1.82) is 0 Å². The van der Waals surface area contributed by atoms with E-state index in [-0.39, 0.29) is 26.0 Å². The summed E-state index contributed by atoms with van der Waals surface area (Å²) in [4.78, 5) is 60.0. The molecule has 2 N–H and O–H groups in total. The molecule has 3 amide bonds. The van der Waals surface area contributed by atoms with Crippen LogP contribution in [0.25, 0.3) is 0 Å². The number of nitrogens with one attached hydrogen (secondary N) is 1. The average Bonchev–Trinajstić information content (AvgIpc) is 3.78. The van der Waals surface area contributed by atoms with Gasteiger partial charge in [-0.25, -0.2) is 0 Å². The summed E-state index contributed by atoms with van der Waals surface area (Å²) in [6.45, 7) is -0.401. The predicted molar refractivity (Wildman–Crippen MR) is 186 cm³/mol. The van der Waals surface area contributed by atoms with Gasteiger partial charge >= 0.3 is 5.97 Å². The van der Waals surface area contributed by atoms with Crippen LogP contribution in [0.4, 0.5) is 5.69 Å². The van der Waals surface area contributed by atoms with Gasteiger partial charge in [0.25, 0.3) is 5.91 Å². The monoisotopic (exact) mass is 695 g/mol. The van der Waals surface area contributed by atoms with Crippen LogP contribution in [0.15, 0.2) is 109 Å². The molecular formula is C39H38ClN3O7. The summed E-state index contributed by atoms with van der Waals surface area (Å²) < 4.78 is 12.2. The molecule has 4 heterocycles. The number of aliphatic hydroxyl groups is 1. The van der Waals surface area contributed by atoms with E-state index >= 15 is 4.79 Å². The van der Waals surface area contributed by atoms with Crippen molar-refractivity contribution >= 4 is 41.0 Å². The smallest absolute Gasteiger partial charge is 0.306 e. The number of carbonyl (C=O) groups excluding carboxylic acids is 4. The Morgan fingerprint density at radius 2 is 1.64 bits per heavy atom. The number of ether oxygens (including phenoxy) is 2. The Hall–Kier alpha value is -4.77. The molecule has 0 aromatic heterocycles. The van der Waals surface area contributed by atoms with Gasteiger partial charge < -0.3 is 29.7 Å². The Kier molecular flexibility index (Phi) is 9.59. The molecule has 0 aliphatic carbocycles. The minimum absolute atomic E-state index is 0.0998. The van der Waals surface area contributed by atoms with E-state index in [1.165, 1.54) is 4.90 Å². The van der Waals surface area contributed by atoms with Crippen LogP contribution in [0.1, 0.15) is 30.0 Å². The second-order valence-electron chi connectivity index (χ2n) is 13.1. The summed E-state index contributed by atoms with van der Waals surface area (Å²) in [6, 6.07) is 22.8. The third-order valence-corrected chi connectivity index (χ3v) is 10.3. The van der Waals surface area contributed by atoms with Crippen molar-refractivity contribution in [3.05, 3.63) is 125 Å². The van der Waals surface area contributed by atoms with Gasteiger partial charge in [-0.3, -0.25) is 19.2 Å². The van der Waals surface area contributed by atoms with Gasteiger partial charge in [0.05, 0.1) is 36.6 Å². The van der Waals surface area contributed by atoms with E-state index in [1.807, 2.05) is 66.7 Å². The van der Waals surface area contributed by atoms with E-state index in [0.717, 1.165) is 11.1 Å². The largest absolute Gasteiger partial charge is 0.463 e. The van der Waals surface area contributed by atoms with Crippen LogP contribution < -0.4 is 10.2 Å². The highest BCUT2D eigenvalue weighted by molar-refractivity contribution is 6.30. The summed E-state index contributed by atoms with van der Waals surface area (Å²) >= 11 is 6.22. The molecule has 3 aromatic rings. The predicted octanol–water partition coefficient (Wildman–Crippen LogP) is 4.18. The van der Waals surface area contributed by atoms with E-state index in [0.29, 0.717) is 17.1 Å². The van der Waals surface area contributed by atoms with Crippen LogP contribution in [0, 0.1) is 11.8 Å². The number of anilines is 1. The minimum atomic E-state index is -1.47. The fraction of sp³-hybridized carbons (Fsp3) is 0.333. The number of amides is 3. The maximum Gasteiger partial charge on any atom is 0.306 e. The van der Waals surface area contributed by atoms with Gasteiger partial charge in [0.1, 0.15) is 18.2 Å². The highest BCUT2D eigenvalue weighted by atomic mass is 35.5. The molecule has 7 atom stereocenters. The Bertz CT molecular complexity index is 1800. The van der Waals surface area contributed by atoms with Crippen LogP contribution in [0.2, 0.25) is 5.02 Å². The van der Waals surface area contributed by atoms with Gasteiger partial charge in [0.2, 0.25) is 11.8 Å². The van der Waals surface area contributed by atoms with Crippen molar-refractivity contribution in [2.45, 2.75) is 49.1 Å². The molecule has 2 fully saturated rings.